The zero-order chi connectivity index (χ0) is 22.5. The second-order valence-electron chi connectivity index (χ2n) is 7.66. The second-order valence-corrected chi connectivity index (χ2v) is 9.81. The molecule has 0 bridgehead atoms. The summed E-state index contributed by atoms with van der Waals surface area (Å²) in [4.78, 5) is 0. The molecular formula is C28H30N3P. The molecule has 0 saturated heterocycles. The van der Waals surface area contributed by atoms with Gasteiger partial charge in [-0.25, -0.2) is 0 Å². The highest BCUT2D eigenvalue weighted by Crippen LogP contribution is 2.44. The Balaban J connectivity index is 1.90. The van der Waals surface area contributed by atoms with Crippen molar-refractivity contribution in [3.63, 3.8) is 0 Å². The average Bonchev–Trinajstić information content (AvgIpc) is 2.84. The summed E-state index contributed by atoms with van der Waals surface area (Å²) < 4.78 is 2.48. The van der Waals surface area contributed by atoms with Crippen LogP contribution < -0.4 is 22.1 Å². The quantitative estimate of drug-likeness (QED) is 0.279. The van der Waals surface area contributed by atoms with Gasteiger partial charge in [-0.1, -0.05) is 111 Å². The molecular weight excluding hydrogens is 409 g/mol. The van der Waals surface area contributed by atoms with Crippen LogP contribution in [-0.2, 0) is 0 Å². The van der Waals surface area contributed by atoms with E-state index in [1.54, 1.807) is 0 Å². The molecule has 4 rings (SSSR count). The van der Waals surface area contributed by atoms with E-state index in [-0.39, 0.29) is 0 Å². The predicted octanol–water partition coefficient (Wildman–Crippen LogP) is 5.87. The fourth-order valence-electron chi connectivity index (χ4n) is 4.16. The lowest BCUT2D eigenvalue weighted by Crippen LogP contribution is -2.31. The smallest absolute Gasteiger partial charge is 0.0488 e. The van der Waals surface area contributed by atoms with Gasteiger partial charge in [0, 0.05) is 41.2 Å². The predicted molar refractivity (Wildman–Crippen MR) is 142 cm³/mol. The van der Waals surface area contributed by atoms with Crippen molar-refractivity contribution in [2.45, 2.75) is 13.8 Å². The first-order valence-corrected chi connectivity index (χ1v) is 12.4. The van der Waals surface area contributed by atoms with Gasteiger partial charge in [0.2, 0.25) is 0 Å². The van der Waals surface area contributed by atoms with Crippen molar-refractivity contribution in [1.29, 1.82) is 0 Å². The van der Waals surface area contributed by atoms with E-state index in [1.165, 1.54) is 0 Å². The minimum atomic E-state index is -0.886. The van der Waals surface area contributed by atoms with Gasteiger partial charge in [0.1, 0.15) is 0 Å². The topological polar surface area (TPSA) is 55.3 Å². The van der Waals surface area contributed by atoms with Gasteiger partial charge in [0.05, 0.1) is 0 Å². The van der Waals surface area contributed by atoms with Crippen molar-refractivity contribution >= 4 is 30.1 Å². The number of nitrogen functional groups attached to an aromatic ring is 2. The molecule has 0 aliphatic heterocycles. The fraction of sp³-hybridized carbons (Fsp3) is 0.143. The Morgan fingerprint density at radius 3 is 1.34 bits per heavy atom. The standard InChI is InChI=1S/C28H30N3P/c1-3-31(4-2)32(25-19-11-17-23(27(25)29)21-13-7-5-8-14-21)26-20-12-18-24(28(26)30)22-15-9-6-10-16-22/h5-20H,3-4,29-30H2,1-2H3. The minimum Gasteiger partial charge on any atom is -0.398 e. The molecule has 0 heterocycles. The summed E-state index contributed by atoms with van der Waals surface area (Å²) in [6.07, 6.45) is 0. The normalized spacial score (nSPS) is 11.2. The van der Waals surface area contributed by atoms with Crippen LogP contribution >= 0.6 is 8.07 Å². The fourth-order valence-corrected chi connectivity index (χ4v) is 6.74. The summed E-state index contributed by atoms with van der Waals surface area (Å²) in [6.45, 7) is 6.25. The summed E-state index contributed by atoms with van der Waals surface area (Å²) in [5.74, 6) is 0. The van der Waals surface area contributed by atoms with Crippen molar-refractivity contribution in [3.05, 3.63) is 97.1 Å². The summed E-state index contributed by atoms with van der Waals surface area (Å²) in [5.41, 5.74) is 19.8. The highest BCUT2D eigenvalue weighted by molar-refractivity contribution is 7.71. The lowest BCUT2D eigenvalue weighted by atomic mass is 10.0. The number of nitrogens with two attached hydrogens (primary N) is 2. The third-order valence-electron chi connectivity index (χ3n) is 5.81. The van der Waals surface area contributed by atoms with E-state index in [9.17, 15) is 0 Å². The molecule has 4 N–H and O–H groups in total. The van der Waals surface area contributed by atoms with Crippen molar-refractivity contribution in [3.8, 4) is 22.3 Å². The molecule has 0 aliphatic carbocycles. The number of hydrogen-bond acceptors (Lipinski definition) is 3. The molecule has 0 amide bonds. The number of anilines is 2. The Morgan fingerprint density at radius 1 is 0.562 bits per heavy atom. The highest BCUT2D eigenvalue weighted by Gasteiger charge is 2.26. The zero-order valence-corrected chi connectivity index (χ0v) is 19.6. The van der Waals surface area contributed by atoms with Gasteiger partial charge in [-0.3, -0.25) is 4.67 Å². The lowest BCUT2D eigenvalue weighted by Gasteiger charge is -2.33. The van der Waals surface area contributed by atoms with Gasteiger partial charge in [-0.05, 0) is 24.2 Å². The average molecular weight is 440 g/mol. The molecule has 32 heavy (non-hydrogen) atoms. The molecule has 0 unspecified atom stereocenters. The SMILES string of the molecule is CCN(CC)P(c1cccc(-c2ccccc2)c1N)c1cccc(-c2ccccc2)c1N. The van der Waals surface area contributed by atoms with Crippen LogP contribution in [0, 0.1) is 0 Å². The molecule has 0 atom stereocenters. The van der Waals surface area contributed by atoms with E-state index in [1.807, 2.05) is 12.1 Å². The van der Waals surface area contributed by atoms with Gasteiger partial charge in [0.15, 0.2) is 0 Å². The van der Waals surface area contributed by atoms with Gasteiger partial charge in [-0.15, -0.1) is 0 Å². The Bertz CT molecular complexity index is 1080. The number of nitrogens with zero attached hydrogens (tertiary/aromatic N) is 1. The van der Waals surface area contributed by atoms with Crippen LogP contribution in [0.5, 0.6) is 0 Å². The van der Waals surface area contributed by atoms with Gasteiger partial charge in [-0.2, -0.15) is 0 Å². The minimum absolute atomic E-state index is 0.834. The van der Waals surface area contributed by atoms with E-state index < -0.39 is 8.07 Å². The molecule has 0 fully saturated rings. The number of para-hydroxylation sites is 2. The monoisotopic (exact) mass is 439 g/mol. The summed E-state index contributed by atoms with van der Waals surface area (Å²) in [5, 5.41) is 2.31. The third kappa shape index (κ3) is 4.27. The van der Waals surface area contributed by atoms with E-state index in [0.29, 0.717) is 0 Å². The maximum Gasteiger partial charge on any atom is 0.0488 e. The van der Waals surface area contributed by atoms with Crippen LogP contribution in [0.2, 0.25) is 0 Å². The number of rotatable bonds is 7. The Morgan fingerprint density at radius 2 is 0.969 bits per heavy atom. The molecule has 0 aromatic heterocycles. The van der Waals surface area contributed by atoms with Crippen LogP contribution in [0.4, 0.5) is 11.4 Å². The first kappa shape index (κ1) is 22.1. The third-order valence-corrected chi connectivity index (χ3v) is 8.63. The van der Waals surface area contributed by atoms with E-state index in [2.05, 4.69) is 103 Å². The molecule has 4 heteroatoms. The first-order valence-electron chi connectivity index (χ1n) is 11.1. The van der Waals surface area contributed by atoms with Crippen molar-refractivity contribution in [1.82, 2.24) is 4.67 Å². The van der Waals surface area contributed by atoms with E-state index in [4.69, 9.17) is 11.5 Å². The summed E-state index contributed by atoms with van der Waals surface area (Å²) in [7, 11) is -0.886. The van der Waals surface area contributed by atoms with E-state index >= 15 is 0 Å². The molecule has 0 radical (unpaired) electrons. The maximum atomic E-state index is 6.85. The number of benzene rings is 4. The van der Waals surface area contributed by atoms with Crippen LogP contribution in [0.1, 0.15) is 13.8 Å². The highest BCUT2D eigenvalue weighted by atomic mass is 31.1. The van der Waals surface area contributed by atoms with Gasteiger partial charge in [0.25, 0.3) is 0 Å². The van der Waals surface area contributed by atoms with Crippen LogP contribution in [0.25, 0.3) is 22.3 Å². The maximum absolute atomic E-state index is 6.85. The lowest BCUT2D eigenvalue weighted by molar-refractivity contribution is 0.514. The molecule has 3 nitrogen and oxygen atoms in total. The molecule has 4 aromatic carbocycles. The number of hydrogen-bond donors (Lipinski definition) is 2. The molecule has 0 aliphatic rings. The van der Waals surface area contributed by atoms with Gasteiger partial charge < -0.3 is 11.5 Å². The zero-order valence-electron chi connectivity index (χ0n) is 18.7. The van der Waals surface area contributed by atoms with E-state index in [0.717, 1.165) is 57.3 Å². The van der Waals surface area contributed by atoms with Crippen molar-refractivity contribution < 1.29 is 0 Å². The Kier molecular flexibility index (Phi) is 6.90. The molecule has 162 valence electrons. The molecule has 0 spiro atoms. The van der Waals surface area contributed by atoms with Crippen LogP contribution in [-0.4, -0.2) is 17.8 Å². The Hall–Kier alpha value is -3.13. The van der Waals surface area contributed by atoms with Crippen LogP contribution in [0.15, 0.2) is 97.1 Å². The van der Waals surface area contributed by atoms with Crippen molar-refractivity contribution in [2.24, 2.45) is 0 Å². The molecule has 0 saturated carbocycles. The molecule has 4 aromatic rings. The Labute approximate surface area is 192 Å². The first-order chi connectivity index (χ1) is 15.7. The van der Waals surface area contributed by atoms with Gasteiger partial charge >= 0.3 is 0 Å². The van der Waals surface area contributed by atoms with Crippen molar-refractivity contribution in [2.75, 3.05) is 24.6 Å². The summed E-state index contributed by atoms with van der Waals surface area (Å²) >= 11 is 0. The second kappa shape index (κ2) is 9.99. The summed E-state index contributed by atoms with van der Waals surface area (Å²) in [6, 6.07) is 33.5. The van der Waals surface area contributed by atoms with Crippen LogP contribution in [0.3, 0.4) is 0 Å². The largest absolute Gasteiger partial charge is 0.398 e.